The summed E-state index contributed by atoms with van der Waals surface area (Å²) in [6.45, 7) is 10.8. The van der Waals surface area contributed by atoms with Crippen LogP contribution in [0.3, 0.4) is 0 Å². The summed E-state index contributed by atoms with van der Waals surface area (Å²) in [6.07, 6.45) is 0. The summed E-state index contributed by atoms with van der Waals surface area (Å²) >= 11 is 0. The molecule has 0 heterocycles. The van der Waals surface area contributed by atoms with Crippen LogP contribution in [-0.4, -0.2) is 43.8 Å². The van der Waals surface area contributed by atoms with Crippen LogP contribution in [0.25, 0.3) is 0 Å². The zero-order valence-corrected chi connectivity index (χ0v) is 23.7. The molecule has 38 heavy (non-hydrogen) atoms. The SMILES string of the molecule is Cc1cccc(CN(C(=O)CN(c2cccc(C)c2C)S(=O)(=O)c2ccccc2)[C@@H](C)C(=O)NC(C)C)c1. The normalized spacial score (nSPS) is 12.2. The number of nitrogens with zero attached hydrogens (tertiary/aromatic N) is 2. The molecule has 8 heteroatoms. The maximum absolute atomic E-state index is 14.0. The number of hydrogen-bond acceptors (Lipinski definition) is 4. The van der Waals surface area contributed by atoms with Crippen LogP contribution in [0, 0.1) is 20.8 Å². The summed E-state index contributed by atoms with van der Waals surface area (Å²) in [6, 6.07) is 20.2. The number of hydrogen-bond donors (Lipinski definition) is 1. The van der Waals surface area contributed by atoms with E-state index in [9.17, 15) is 18.0 Å². The second kappa shape index (κ2) is 12.3. The Hall–Kier alpha value is -3.65. The molecular formula is C30H37N3O4S. The predicted molar refractivity (Wildman–Crippen MR) is 151 cm³/mol. The van der Waals surface area contributed by atoms with Gasteiger partial charge >= 0.3 is 0 Å². The van der Waals surface area contributed by atoms with Crippen molar-refractivity contribution >= 4 is 27.5 Å². The molecule has 1 atom stereocenters. The van der Waals surface area contributed by atoms with Gasteiger partial charge in [-0.2, -0.15) is 0 Å². The Bertz CT molecular complexity index is 1390. The molecule has 202 valence electrons. The Morgan fingerprint density at radius 1 is 0.868 bits per heavy atom. The van der Waals surface area contributed by atoms with Gasteiger partial charge in [-0.15, -0.1) is 0 Å². The average Bonchev–Trinajstić information content (AvgIpc) is 2.87. The zero-order valence-electron chi connectivity index (χ0n) is 22.9. The summed E-state index contributed by atoms with van der Waals surface area (Å²) in [5.74, 6) is -0.775. The van der Waals surface area contributed by atoms with E-state index in [1.54, 1.807) is 37.3 Å². The second-order valence-corrected chi connectivity index (χ2v) is 11.8. The van der Waals surface area contributed by atoms with Crippen molar-refractivity contribution in [3.63, 3.8) is 0 Å². The first-order valence-corrected chi connectivity index (χ1v) is 14.1. The van der Waals surface area contributed by atoms with E-state index in [0.29, 0.717) is 5.69 Å². The van der Waals surface area contributed by atoms with Gasteiger partial charge < -0.3 is 10.2 Å². The highest BCUT2D eigenvalue weighted by Gasteiger charge is 2.33. The number of benzene rings is 3. The van der Waals surface area contributed by atoms with Gasteiger partial charge in [0.1, 0.15) is 12.6 Å². The van der Waals surface area contributed by atoms with E-state index in [0.717, 1.165) is 26.6 Å². The lowest BCUT2D eigenvalue weighted by Gasteiger charge is -2.33. The van der Waals surface area contributed by atoms with E-state index in [4.69, 9.17) is 0 Å². The Labute approximate surface area is 226 Å². The van der Waals surface area contributed by atoms with Crippen molar-refractivity contribution in [1.82, 2.24) is 10.2 Å². The van der Waals surface area contributed by atoms with Gasteiger partial charge in [0.25, 0.3) is 10.0 Å². The van der Waals surface area contributed by atoms with Gasteiger partial charge in [-0.3, -0.25) is 13.9 Å². The molecule has 0 bridgehead atoms. The van der Waals surface area contributed by atoms with E-state index in [1.165, 1.54) is 17.0 Å². The smallest absolute Gasteiger partial charge is 0.264 e. The van der Waals surface area contributed by atoms with Crippen molar-refractivity contribution in [3.05, 3.63) is 95.1 Å². The standard InChI is InChI=1S/C30H37N3O4S/c1-21(2)31-30(35)25(6)32(19-26-14-10-12-22(3)18-26)29(34)20-33(28-17-11-13-23(4)24(28)5)38(36,37)27-15-8-7-9-16-27/h7-18,21,25H,19-20H2,1-6H3,(H,31,35)/t25-/m0/s1. The molecule has 0 aliphatic carbocycles. The topological polar surface area (TPSA) is 86.8 Å². The summed E-state index contributed by atoms with van der Waals surface area (Å²) < 4.78 is 28.9. The van der Waals surface area contributed by atoms with Crippen molar-refractivity contribution in [2.45, 2.75) is 65.1 Å². The molecule has 3 aromatic carbocycles. The number of anilines is 1. The number of amides is 2. The number of nitrogens with one attached hydrogen (secondary N) is 1. The maximum Gasteiger partial charge on any atom is 0.264 e. The molecule has 7 nitrogen and oxygen atoms in total. The fourth-order valence-corrected chi connectivity index (χ4v) is 5.73. The molecule has 0 aromatic heterocycles. The number of sulfonamides is 1. The lowest BCUT2D eigenvalue weighted by molar-refractivity contribution is -0.139. The minimum Gasteiger partial charge on any atom is -0.352 e. The van der Waals surface area contributed by atoms with Crippen LogP contribution < -0.4 is 9.62 Å². The Morgan fingerprint density at radius 2 is 1.53 bits per heavy atom. The number of aryl methyl sites for hydroxylation is 2. The van der Waals surface area contributed by atoms with Crippen LogP contribution in [0.4, 0.5) is 5.69 Å². The maximum atomic E-state index is 14.0. The van der Waals surface area contributed by atoms with Gasteiger partial charge in [-0.05, 0) is 76.4 Å². The fraction of sp³-hybridized carbons (Fsp3) is 0.333. The first kappa shape index (κ1) is 28.9. The Morgan fingerprint density at radius 3 is 2.16 bits per heavy atom. The molecular weight excluding hydrogens is 498 g/mol. The lowest BCUT2D eigenvalue weighted by atomic mass is 10.1. The van der Waals surface area contributed by atoms with Crippen LogP contribution in [-0.2, 0) is 26.2 Å². The van der Waals surface area contributed by atoms with E-state index >= 15 is 0 Å². The van der Waals surface area contributed by atoms with Gasteiger partial charge in [0.15, 0.2) is 0 Å². The number of carbonyl (C=O) groups excluding carboxylic acids is 2. The van der Waals surface area contributed by atoms with Crippen molar-refractivity contribution in [2.75, 3.05) is 10.8 Å². The van der Waals surface area contributed by atoms with E-state index in [-0.39, 0.29) is 23.4 Å². The molecule has 0 saturated carbocycles. The third kappa shape index (κ3) is 6.81. The first-order valence-electron chi connectivity index (χ1n) is 12.7. The highest BCUT2D eigenvalue weighted by molar-refractivity contribution is 7.92. The Balaban J connectivity index is 2.07. The van der Waals surface area contributed by atoms with Gasteiger partial charge in [-0.25, -0.2) is 8.42 Å². The molecule has 0 aliphatic rings. The summed E-state index contributed by atoms with van der Waals surface area (Å²) in [4.78, 5) is 28.5. The number of rotatable bonds is 10. The molecule has 0 fully saturated rings. The third-order valence-electron chi connectivity index (χ3n) is 6.49. The van der Waals surface area contributed by atoms with Crippen molar-refractivity contribution in [1.29, 1.82) is 0 Å². The molecule has 2 amide bonds. The van der Waals surface area contributed by atoms with Gasteiger partial charge in [0.2, 0.25) is 11.8 Å². The molecule has 0 spiro atoms. The van der Waals surface area contributed by atoms with Crippen LogP contribution >= 0.6 is 0 Å². The van der Waals surface area contributed by atoms with Gasteiger partial charge in [-0.1, -0.05) is 60.2 Å². The molecule has 0 unspecified atom stereocenters. The summed E-state index contributed by atoms with van der Waals surface area (Å²) in [5, 5.41) is 2.87. The van der Waals surface area contributed by atoms with E-state index in [1.807, 2.05) is 65.0 Å². The number of carbonyl (C=O) groups is 2. The average molecular weight is 536 g/mol. The molecule has 3 rings (SSSR count). The van der Waals surface area contributed by atoms with Crippen LogP contribution in [0.15, 0.2) is 77.7 Å². The van der Waals surface area contributed by atoms with Crippen LogP contribution in [0.5, 0.6) is 0 Å². The largest absolute Gasteiger partial charge is 0.352 e. The highest BCUT2D eigenvalue weighted by atomic mass is 32.2. The summed E-state index contributed by atoms with van der Waals surface area (Å²) in [5.41, 5.74) is 3.97. The van der Waals surface area contributed by atoms with Crippen LogP contribution in [0.2, 0.25) is 0 Å². The third-order valence-corrected chi connectivity index (χ3v) is 8.26. The van der Waals surface area contributed by atoms with E-state index in [2.05, 4.69) is 5.32 Å². The monoisotopic (exact) mass is 535 g/mol. The Kier molecular flexibility index (Phi) is 9.33. The minimum absolute atomic E-state index is 0.0875. The molecule has 0 saturated heterocycles. The van der Waals surface area contributed by atoms with Crippen molar-refractivity contribution in [2.24, 2.45) is 0 Å². The van der Waals surface area contributed by atoms with Crippen molar-refractivity contribution in [3.8, 4) is 0 Å². The zero-order chi connectivity index (χ0) is 28.0. The molecule has 0 aliphatic heterocycles. The predicted octanol–water partition coefficient (Wildman–Crippen LogP) is 4.75. The quantitative estimate of drug-likeness (QED) is 0.406. The van der Waals surface area contributed by atoms with Gasteiger partial charge in [0.05, 0.1) is 10.6 Å². The lowest BCUT2D eigenvalue weighted by Crippen LogP contribution is -2.52. The molecule has 3 aromatic rings. The van der Waals surface area contributed by atoms with Crippen LogP contribution in [0.1, 0.15) is 43.0 Å². The fourth-order valence-electron chi connectivity index (χ4n) is 4.23. The minimum atomic E-state index is -4.08. The first-order chi connectivity index (χ1) is 17.9. The van der Waals surface area contributed by atoms with E-state index < -0.39 is 28.5 Å². The molecule has 1 N–H and O–H groups in total. The highest BCUT2D eigenvalue weighted by Crippen LogP contribution is 2.29. The van der Waals surface area contributed by atoms with Crippen molar-refractivity contribution < 1.29 is 18.0 Å². The van der Waals surface area contributed by atoms with Gasteiger partial charge in [0, 0.05) is 12.6 Å². The molecule has 0 radical (unpaired) electrons. The second-order valence-electron chi connectivity index (χ2n) is 9.89. The summed E-state index contributed by atoms with van der Waals surface area (Å²) in [7, 11) is -4.08.